The van der Waals surface area contributed by atoms with Crippen molar-refractivity contribution in [1.29, 1.82) is 0 Å². The van der Waals surface area contributed by atoms with Crippen LogP contribution in [0.25, 0.3) is 98.8 Å². The highest BCUT2D eigenvalue weighted by atomic mass is 16.3. The first-order valence-electron chi connectivity index (χ1n) is 18.9. The molecule has 3 aromatic heterocycles. The van der Waals surface area contributed by atoms with Crippen LogP contribution in [0.15, 0.2) is 201 Å². The number of hydrogen-bond donors (Lipinski definition) is 0. The predicted octanol–water partition coefficient (Wildman–Crippen LogP) is 15.3. The monoisotopic (exact) mass is 717 g/mol. The van der Waals surface area contributed by atoms with Gasteiger partial charge in [0, 0.05) is 61.0 Å². The molecule has 4 nitrogen and oxygen atoms in total. The summed E-state index contributed by atoms with van der Waals surface area (Å²) >= 11 is 0. The summed E-state index contributed by atoms with van der Waals surface area (Å²) in [5.41, 5.74) is 12.8. The van der Waals surface area contributed by atoms with Gasteiger partial charge in [-0.2, -0.15) is 0 Å². The van der Waals surface area contributed by atoms with Gasteiger partial charge in [0.05, 0.1) is 0 Å². The van der Waals surface area contributed by atoms with E-state index in [2.05, 4.69) is 181 Å². The number of furan rings is 3. The van der Waals surface area contributed by atoms with Crippen LogP contribution in [0, 0.1) is 0 Å². The molecular formula is C52H31NO3. The van der Waals surface area contributed by atoms with Gasteiger partial charge in [0.2, 0.25) is 0 Å². The Morgan fingerprint density at radius 3 is 1.77 bits per heavy atom. The van der Waals surface area contributed by atoms with E-state index in [1.165, 1.54) is 10.8 Å². The summed E-state index contributed by atoms with van der Waals surface area (Å²) in [6, 6.07) is 66.1. The summed E-state index contributed by atoms with van der Waals surface area (Å²) in [7, 11) is 0. The van der Waals surface area contributed by atoms with E-state index in [0.717, 1.165) is 105 Å². The fourth-order valence-corrected chi connectivity index (χ4v) is 8.52. The zero-order valence-electron chi connectivity index (χ0n) is 30.1. The van der Waals surface area contributed by atoms with Crippen molar-refractivity contribution in [2.75, 3.05) is 4.90 Å². The summed E-state index contributed by atoms with van der Waals surface area (Å²) in [4.78, 5) is 2.29. The molecule has 0 radical (unpaired) electrons. The fraction of sp³-hybridized carbons (Fsp3) is 0. The number of para-hydroxylation sites is 3. The van der Waals surface area contributed by atoms with Gasteiger partial charge >= 0.3 is 0 Å². The van der Waals surface area contributed by atoms with Crippen molar-refractivity contribution in [2.24, 2.45) is 0 Å². The zero-order chi connectivity index (χ0) is 36.7. The fourth-order valence-electron chi connectivity index (χ4n) is 8.52. The number of fused-ring (bicyclic) bond motifs is 10. The second kappa shape index (κ2) is 12.0. The van der Waals surface area contributed by atoms with Crippen molar-refractivity contribution in [1.82, 2.24) is 0 Å². The molecule has 0 aliphatic heterocycles. The first-order chi connectivity index (χ1) is 27.7. The van der Waals surface area contributed by atoms with Gasteiger partial charge in [-0.1, -0.05) is 103 Å². The molecule has 12 rings (SSSR count). The molecule has 12 aromatic rings. The molecule has 0 aliphatic carbocycles. The summed E-state index contributed by atoms with van der Waals surface area (Å²) in [6.07, 6.45) is 0. The van der Waals surface area contributed by atoms with E-state index in [0.29, 0.717) is 0 Å². The smallest absolute Gasteiger partial charge is 0.143 e. The highest BCUT2D eigenvalue weighted by Crippen LogP contribution is 2.43. The van der Waals surface area contributed by atoms with Gasteiger partial charge in [-0.3, -0.25) is 0 Å². The normalized spacial score (nSPS) is 11.9. The van der Waals surface area contributed by atoms with Crippen molar-refractivity contribution in [3.05, 3.63) is 188 Å². The maximum Gasteiger partial charge on any atom is 0.143 e. The highest BCUT2D eigenvalue weighted by molar-refractivity contribution is 6.13. The van der Waals surface area contributed by atoms with Crippen LogP contribution in [0.3, 0.4) is 0 Å². The molecule has 0 fully saturated rings. The maximum absolute atomic E-state index is 6.81. The number of nitrogens with zero attached hydrogens (tertiary/aromatic N) is 1. The van der Waals surface area contributed by atoms with Gasteiger partial charge in [-0.15, -0.1) is 0 Å². The lowest BCUT2D eigenvalue weighted by atomic mass is 9.99. The average Bonchev–Trinajstić information content (AvgIpc) is 3.94. The Morgan fingerprint density at radius 1 is 0.286 bits per heavy atom. The molecule has 0 atom stereocenters. The average molecular weight is 718 g/mol. The van der Waals surface area contributed by atoms with Crippen molar-refractivity contribution in [3.8, 4) is 22.3 Å². The van der Waals surface area contributed by atoms with Crippen molar-refractivity contribution in [2.45, 2.75) is 0 Å². The summed E-state index contributed by atoms with van der Waals surface area (Å²) < 4.78 is 19.4. The molecule has 0 unspecified atom stereocenters. The molecule has 3 heterocycles. The van der Waals surface area contributed by atoms with Crippen LogP contribution in [0.5, 0.6) is 0 Å². The SMILES string of the molecule is c1ccc(N(c2ccc3ccccc3c2)c2ccc3c(c2)oc2c(-c4ccc5oc6cc(-c7ccc8oc9ccccc9c8c7)ccc6c5c4)cccc23)cc1. The minimum absolute atomic E-state index is 0.843. The minimum atomic E-state index is 0.843. The van der Waals surface area contributed by atoms with Crippen LogP contribution in [0.2, 0.25) is 0 Å². The van der Waals surface area contributed by atoms with Gasteiger partial charge in [0.15, 0.2) is 0 Å². The third-order valence-corrected chi connectivity index (χ3v) is 11.2. The minimum Gasteiger partial charge on any atom is -0.456 e. The lowest BCUT2D eigenvalue weighted by molar-refractivity contribution is 0.668. The second-order valence-corrected chi connectivity index (χ2v) is 14.5. The Kier molecular flexibility index (Phi) is 6.60. The summed E-state index contributed by atoms with van der Waals surface area (Å²) in [5.74, 6) is 0. The van der Waals surface area contributed by atoms with Crippen molar-refractivity contribution >= 4 is 93.7 Å². The van der Waals surface area contributed by atoms with Crippen molar-refractivity contribution < 1.29 is 13.3 Å². The Hall–Kier alpha value is -7.56. The Balaban J connectivity index is 0.944. The van der Waals surface area contributed by atoms with E-state index in [-0.39, 0.29) is 0 Å². The molecule has 0 N–H and O–H groups in total. The van der Waals surface area contributed by atoms with Gasteiger partial charge in [0.1, 0.15) is 33.5 Å². The van der Waals surface area contributed by atoms with Gasteiger partial charge in [-0.05, 0) is 106 Å². The lowest BCUT2D eigenvalue weighted by Crippen LogP contribution is -2.09. The molecule has 4 heteroatoms. The Labute approximate surface area is 321 Å². The van der Waals surface area contributed by atoms with Crippen LogP contribution in [-0.4, -0.2) is 0 Å². The molecule has 262 valence electrons. The molecule has 0 bridgehead atoms. The summed E-state index contributed by atoms with van der Waals surface area (Å²) in [5, 5.41) is 8.98. The Morgan fingerprint density at radius 2 is 0.875 bits per heavy atom. The third kappa shape index (κ3) is 4.79. The molecule has 0 spiro atoms. The maximum atomic E-state index is 6.81. The van der Waals surface area contributed by atoms with E-state index in [9.17, 15) is 0 Å². The highest BCUT2D eigenvalue weighted by Gasteiger charge is 2.19. The first-order valence-corrected chi connectivity index (χ1v) is 18.9. The number of benzene rings is 9. The van der Waals surface area contributed by atoms with E-state index >= 15 is 0 Å². The quantitative estimate of drug-likeness (QED) is 0.178. The van der Waals surface area contributed by atoms with Crippen LogP contribution in [0.1, 0.15) is 0 Å². The number of rotatable bonds is 5. The molecule has 9 aromatic carbocycles. The predicted molar refractivity (Wildman–Crippen MR) is 231 cm³/mol. The number of anilines is 3. The van der Waals surface area contributed by atoms with Crippen LogP contribution in [0.4, 0.5) is 17.1 Å². The standard InChI is InChI=1S/C52H31NO3/c1-2-11-37(12-3-1)53(38-21-17-32-9-4-5-10-33(32)27-38)39-22-24-42-44-15-8-14-40(52(44)56-51(42)31-39)36-20-26-49-46(29-36)43-23-18-35(30-50(43)55-49)34-19-25-48-45(28-34)41-13-6-7-16-47(41)54-48/h1-31H. The van der Waals surface area contributed by atoms with E-state index in [4.69, 9.17) is 13.3 Å². The lowest BCUT2D eigenvalue weighted by Gasteiger charge is -2.25. The topological polar surface area (TPSA) is 42.7 Å². The largest absolute Gasteiger partial charge is 0.456 e. The molecule has 0 saturated heterocycles. The van der Waals surface area contributed by atoms with E-state index < -0.39 is 0 Å². The summed E-state index contributed by atoms with van der Waals surface area (Å²) in [6.45, 7) is 0. The van der Waals surface area contributed by atoms with Gasteiger partial charge in [0.25, 0.3) is 0 Å². The van der Waals surface area contributed by atoms with Gasteiger partial charge in [-0.25, -0.2) is 0 Å². The first kappa shape index (κ1) is 30.9. The third-order valence-electron chi connectivity index (χ3n) is 11.2. The molecule has 0 aliphatic rings. The van der Waals surface area contributed by atoms with Crippen molar-refractivity contribution in [3.63, 3.8) is 0 Å². The van der Waals surface area contributed by atoms with Crippen LogP contribution >= 0.6 is 0 Å². The van der Waals surface area contributed by atoms with Gasteiger partial charge < -0.3 is 18.2 Å². The molecular weight excluding hydrogens is 687 g/mol. The molecule has 56 heavy (non-hydrogen) atoms. The van der Waals surface area contributed by atoms with Crippen LogP contribution in [-0.2, 0) is 0 Å². The van der Waals surface area contributed by atoms with Crippen LogP contribution < -0.4 is 4.90 Å². The zero-order valence-corrected chi connectivity index (χ0v) is 30.1. The van der Waals surface area contributed by atoms with E-state index in [1.807, 2.05) is 12.1 Å². The Bertz CT molecular complexity index is 3500. The van der Waals surface area contributed by atoms with E-state index in [1.54, 1.807) is 0 Å². The second-order valence-electron chi connectivity index (χ2n) is 14.5. The number of hydrogen-bond acceptors (Lipinski definition) is 4. The molecule has 0 saturated carbocycles. The molecule has 0 amide bonds.